The van der Waals surface area contributed by atoms with Crippen LogP contribution in [-0.4, -0.2) is 4.98 Å². The Balaban J connectivity index is 2.31. The normalized spacial score (nSPS) is 10.5. The highest BCUT2D eigenvalue weighted by Gasteiger charge is 2.07. The van der Waals surface area contributed by atoms with E-state index in [9.17, 15) is 4.39 Å². The van der Waals surface area contributed by atoms with E-state index in [1.54, 1.807) is 6.07 Å². The van der Waals surface area contributed by atoms with Gasteiger partial charge >= 0.3 is 0 Å². The molecule has 0 radical (unpaired) electrons. The van der Waals surface area contributed by atoms with Crippen molar-refractivity contribution in [1.29, 1.82) is 0 Å². The van der Waals surface area contributed by atoms with E-state index in [-0.39, 0.29) is 5.02 Å². The molecule has 5 heteroatoms. The highest BCUT2D eigenvalue weighted by atomic mass is 35.5. The molecule has 0 amide bonds. The highest BCUT2D eigenvalue weighted by Crippen LogP contribution is 2.29. The van der Waals surface area contributed by atoms with E-state index >= 15 is 0 Å². The van der Waals surface area contributed by atoms with Gasteiger partial charge in [0.2, 0.25) is 5.88 Å². The minimum absolute atomic E-state index is 0.206. The Labute approximate surface area is 116 Å². The number of ether oxygens (including phenoxy) is 1. The molecule has 2 aromatic rings. The van der Waals surface area contributed by atoms with Crippen LogP contribution in [0.25, 0.3) is 0 Å². The molecule has 0 aliphatic rings. The van der Waals surface area contributed by atoms with E-state index in [1.807, 2.05) is 13.0 Å². The van der Waals surface area contributed by atoms with Gasteiger partial charge in [0.1, 0.15) is 11.6 Å². The van der Waals surface area contributed by atoms with Crippen LogP contribution in [0.5, 0.6) is 11.6 Å². The van der Waals surface area contributed by atoms with Gasteiger partial charge in [0.05, 0.1) is 5.02 Å². The Hall–Kier alpha value is -1.65. The van der Waals surface area contributed by atoms with Crippen LogP contribution in [0.4, 0.5) is 4.39 Å². The number of hydrogen-bond donors (Lipinski definition) is 1. The molecule has 0 aliphatic carbocycles. The molecule has 3 nitrogen and oxygen atoms in total. The Morgan fingerprint density at radius 2 is 2.11 bits per heavy atom. The van der Waals surface area contributed by atoms with Crippen molar-refractivity contribution in [2.75, 3.05) is 0 Å². The van der Waals surface area contributed by atoms with Crippen molar-refractivity contribution in [3.63, 3.8) is 0 Å². The Morgan fingerprint density at radius 3 is 2.74 bits per heavy atom. The zero-order chi connectivity index (χ0) is 13.8. The van der Waals surface area contributed by atoms with Crippen LogP contribution in [-0.2, 0) is 13.0 Å². The molecular formula is C14H14ClFN2O. The van der Waals surface area contributed by atoms with Crippen molar-refractivity contribution in [2.24, 2.45) is 5.73 Å². The number of rotatable bonds is 4. The molecule has 0 unspecified atom stereocenters. The van der Waals surface area contributed by atoms with Gasteiger partial charge in [-0.05, 0) is 36.2 Å². The summed E-state index contributed by atoms with van der Waals surface area (Å²) in [7, 11) is 0. The molecule has 1 aromatic carbocycles. The summed E-state index contributed by atoms with van der Waals surface area (Å²) in [4.78, 5) is 4.33. The monoisotopic (exact) mass is 280 g/mol. The van der Waals surface area contributed by atoms with Crippen molar-refractivity contribution in [2.45, 2.75) is 19.9 Å². The van der Waals surface area contributed by atoms with Crippen LogP contribution < -0.4 is 10.5 Å². The smallest absolute Gasteiger partial charge is 0.219 e. The molecule has 2 N–H and O–H groups in total. The second-order valence-corrected chi connectivity index (χ2v) is 4.45. The summed E-state index contributed by atoms with van der Waals surface area (Å²) in [5.74, 6) is 0.371. The van der Waals surface area contributed by atoms with Crippen molar-refractivity contribution < 1.29 is 9.13 Å². The molecule has 0 saturated heterocycles. The van der Waals surface area contributed by atoms with Crippen LogP contribution in [0, 0.1) is 5.82 Å². The lowest BCUT2D eigenvalue weighted by Crippen LogP contribution is -2.01. The van der Waals surface area contributed by atoms with E-state index in [0.29, 0.717) is 18.2 Å². The fourth-order valence-corrected chi connectivity index (χ4v) is 1.85. The predicted molar refractivity (Wildman–Crippen MR) is 73.0 cm³/mol. The Kier molecular flexibility index (Phi) is 4.35. The first-order chi connectivity index (χ1) is 9.12. The maximum Gasteiger partial charge on any atom is 0.219 e. The molecule has 0 spiro atoms. The predicted octanol–water partition coefficient (Wildman–Crippen LogP) is 3.69. The summed E-state index contributed by atoms with van der Waals surface area (Å²) >= 11 is 5.91. The van der Waals surface area contributed by atoms with Gasteiger partial charge in [0.25, 0.3) is 0 Å². The molecule has 1 aromatic heterocycles. The third kappa shape index (κ3) is 3.43. The number of pyridine rings is 1. The molecule has 19 heavy (non-hydrogen) atoms. The molecule has 0 atom stereocenters. The second kappa shape index (κ2) is 5.99. The lowest BCUT2D eigenvalue weighted by molar-refractivity contribution is 0.458. The van der Waals surface area contributed by atoms with E-state index in [2.05, 4.69) is 4.98 Å². The molecule has 0 fully saturated rings. The first kappa shape index (κ1) is 13.8. The number of aryl methyl sites for hydroxylation is 1. The average molecular weight is 281 g/mol. The van der Waals surface area contributed by atoms with E-state index in [4.69, 9.17) is 22.1 Å². The van der Waals surface area contributed by atoms with Gasteiger partial charge in [-0.15, -0.1) is 0 Å². The minimum atomic E-state index is -0.407. The number of hydrogen-bond acceptors (Lipinski definition) is 3. The van der Waals surface area contributed by atoms with E-state index in [0.717, 1.165) is 17.7 Å². The quantitative estimate of drug-likeness (QED) is 0.929. The zero-order valence-corrected chi connectivity index (χ0v) is 11.2. The maximum absolute atomic E-state index is 13.0. The summed E-state index contributed by atoms with van der Waals surface area (Å²) < 4.78 is 18.5. The fraction of sp³-hybridized carbons (Fsp3) is 0.214. The standard InChI is InChI=1S/C14H14ClFN2O/c1-2-11-5-9(8-17)6-14(18-11)19-13-4-3-10(16)7-12(13)15/h3-7H,2,8,17H2,1H3. The van der Waals surface area contributed by atoms with Gasteiger partial charge in [0, 0.05) is 18.3 Å². The van der Waals surface area contributed by atoms with Crippen molar-refractivity contribution in [1.82, 2.24) is 4.98 Å². The minimum Gasteiger partial charge on any atom is -0.437 e. The maximum atomic E-state index is 13.0. The highest BCUT2D eigenvalue weighted by molar-refractivity contribution is 6.32. The number of nitrogens with zero attached hydrogens (tertiary/aromatic N) is 1. The first-order valence-electron chi connectivity index (χ1n) is 5.95. The van der Waals surface area contributed by atoms with Crippen molar-refractivity contribution >= 4 is 11.6 Å². The topological polar surface area (TPSA) is 48.1 Å². The number of aromatic nitrogens is 1. The van der Waals surface area contributed by atoms with Crippen LogP contribution in [0.2, 0.25) is 5.02 Å². The lowest BCUT2D eigenvalue weighted by Gasteiger charge is -2.09. The van der Waals surface area contributed by atoms with Gasteiger partial charge in [-0.2, -0.15) is 0 Å². The molecule has 0 aliphatic heterocycles. The van der Waals surface area contributed by atoms with Crippen molar-refractivity contribution in [3.8, 4) is 11.6 Å². The molecular weight excluding hydrogens is 267 g/mol. The molecule has 0 saturated carbocycles. The van der Waals surface area contributed by atoms with Crippen LogP contribution in [0.3, 0.4) is 0 Å². The van der Waals surface area contributed by atoms with E-state index < -0.39 is 5.82 Å². The van der Waals surface area contributed by atoms with Crippen LogP contribution >= 0.6 is 11.6 Å². The van der Waals surface area contributed by atoms with E-state index in [1.165, 1.54) is 18.2 Å². The number of benzene rings is 1. The van der Waals surface area contributed by atoms with Crippen LogP contribution in [0.1, 0.15) is 18.2 Å². The van der Waals surface area contributed by atoms with Gasteiger partial charge in [-0.1, -0.05) is 18.5 Å². The van der Waals surface area contributed by atoms with Gasteiger partial charge in [0.15, 0.2) is 0 Å². The van der Waals surface area contributed by atoms with Gasteiger partial charge in [-0.25, -0.2) is 9.37 Å². The summed E-state index contributed by atoms with van der Waals surface area (Å²) in [6, 6.07) is 7.64. The fourth-order valence-electron chi connectivity index (χ4n) is 1.64. The number of halogens is 2. The van der Waals surface area contributed by atoms with Crippen molar-refractivity contribution in [3.05, 3.63) is 52.4 Å². The molecule has 2 rings (SSSR count). The van der Waals surface area contributed by atoms with Gasteiger partial charge < -0.3 is 10.5 Å². The third-order valence-corrected chi connectivity index (χ3v) is 2.92. The zero-order valence-electron chi connectivity index (χ0n) is 10.5. The molecule has 1 heterocycles. The first-order valence-corrected chi connectivity index (χ1v) is 6.33. The lowest BCUT2D eigenvalue weighted by atomic mass is 10.2. The third-order valence-electron chi connectivity index (χ3n) is 2.62. The number of nitrogens with two attached hydrogens (primary N) is 1. The summed E-state index contributed by atoms with van der Waals surface area (Å²) in [6.45, 7) is 2.40. The summed E-state index contributed by atoms with van der Waals surface area (Å²) in [6.07, 6.45) is 0.779. The summed E-state index contributed by atoms with van der Waals surface area (Å²) in [5.41, 5.74) is 7.44. The average Bonchev–Trinajstić information content (AvgIpc) is 2.41. The Morgan fingerprint density at radius 1 is 1.32 bits per heavy atom. The largest absolute Gasteiger partial charge is 0.437 e. The summed E-state index contributed by atoms with van der Waals surface area (Å²) in [5, 5.41) is 0.206. The molecule has 100 valence electrons. The second-order valence-electron chi connectivity index (χ2n) is 4.04. The SMILES string of the molecule is CCc1cc(CN)cc(Oc2ccc(F)cc2Cl)n1. The molecule has 0 bridgehead atoms. The van der Waals surface area contributed by atoms with Crippen LogP contribution in [0.15, 0.2) is 30.3 Å². The Bertz CT molecular complexity index is 567. The van der Waals surface area contributed by atoms with Gasteiger partial charge in [-0.3, -0.25) is 0 Å².